The van der Waals surface area contributed by atoms with Gasteiger partial charge >= 0.3 is 0 Å². The van der Waals surface area contributed by atoms with Crippen molar-refractivity contribution in [2.45, 2.75) is 0 Å². The maximum atomic E-state index is 5.74. The number of ether oxygens (including phenoxy) is 5. The van der Waals surface area contributed by atoms with E-state index in [1.807, 2.05) is 25.2 Å². The van der Waals surface area contributed by atoms with Crippen molar-refractivity contribution in [3.63, 3.8) is 0 Å². The van der Waals surface area contributed by atoms with Crippen LogP contribution in [0.5, 0.6) is 28.7 Å². The summed E-state index contributed by atoms with van der Waals surface area (Å²) in [6, 6.07) is 10.1. The summed E-state index contributed by atoms with van der Waals surface area (Å²) in [5.74, 6) is 3.61. The van der Waals surface area contributed by atoms with Gasteiger partial charge in [-0.15, -0.1) is 0 Å². The molecule has 0 bridgehead atoms. The van der Waals surface area contributed by atoms with Crippen LogP contribution in [0.15, 0.2) is 36.5 Å². The molecule has 1 aromatic heterocycles. The van der Waals surface area contributed by atoms with E-state index in [9.17, 15) is 0 Å². The smallest absolute Gasteiger partial charge is 0.231 e. The molecular weight excluding hydrogens is 394 g/mol. The predicted molar refractivity (Wildman–Crippen MR) is 106 cm³/mol. The normalized spacial score (nSPS) is 12.3. The summed E-state index contributed by atoms with van der Waals surface area (Å²) in [5.41, 5.74) is 1.07. The van der Waals surface area contributed by atoms with Gasteiger partial charge in [-0.1, -0.05) is 6.07 Å². The Kier molecular flexibility index (Phi) is 4.67. The molecule has 0 atom stereocenters. The molecule has 6 nitrogen and oxygen atoms in total. The first kappa shape index (κ1) is 19.2. The lowest BCUT2D eigenvalue weighted by atomic mass is 9.99. The van der Waals surface area contributed by atoms with Crippen molar-refractivity contribution in [3.05, 3.63) is 36.5 Å². The van der Waals surface area contributed by atoms with Gasteiger partial charge in [-0.25, -0.2) is 0 Å². The highest BCUT2D eigenvalue weighted by Crippen LogP contribution is 2.46. The molecule has 0 unspecified atom stereocenters. The Hall–Kier alpha value is -3.12. The molecule has 0 aliphatic carbocycles. The van der Waals surface area contributed by atoms with E-state index in [0.717, 1.165) is 43.9 Å². The highest BCUT2D eigenvalue weighted by Gasteiger charge is 2.26. The van der Waals surface area contributed by atoms with Gasteiger partial charge in [-0.05, 0) is 23.6 Å². The third-order valence-electron chi connectivity index (χ3n) is 5.32. The molecule has 2 heterocycles. The largest absolute Gasteiger partial charge is 1.00 e. The van der Waals surface area contributed by atoms with Crippen molar-refractivity contribution in [3.8, 4) is 28.7 Å². The van der Waals surface area contributed by atoms with Crippen LogP contribution >= 0.6 is 0 Å². The zero-order valence-electron chi connectivity index (χ0n) is 16.5. The quantitative estimate of drug-likeness (QED) is 0.366. The summed E-state index contributed by atoms with van der Waals surface area (Å²) >= 11 is 0. The number of nitrogens with zero attached hydrogens (tertiary/aromatic N) is 1. The molecule has 150 valence electrons. The summed E-state index contributed by atoms with van der Waals surface area (Å²) in [6.07, 6.45) is 2.06. The van der Waals surface area contributed by atoms with E-state index < -0.39 is 0 Å². The van der Waals surface area contributed by atoms with Gasteiger partial charge in [0.1, 0.15) is 12.8 Å². The van der Waals surface area contributed by atoms with Crippen molar-refractivity contribution in [2.24, 2.45) is 7.05 Å². The van der Waals surface area contributed by atoms with Gasteiger partial charge in [-0.2, -0.15) is 4.57 Å². The molecule has 4 aromatic rings. The number of aromatic nitrogens is 1. The number of aryl methyl sites for hydroxylation is 1. The fourth-order valence-corrected chi connectivity index (χ4v) is 4.08. The van der Waals surface area contributed by atoms with Crippen LogP contribution in [0.3, 0.4) is 0 Å². The zero-order chi connectivity index (χ0) is 19.4. The Bertz CT molecular complexity index is 1270. The number of benzene rings is 3. The van der Waals surface area contributed by atoms with Crippen LogP contribution in [-0.4, -0.2) is 28.1 Å². The molecule has 29 heavy (non-hydrogen) atoms. The molecule has 0 saturated carbocycles. The number of hydrogen-bond acceptors (Lipinski definition) is 5. The topological polar surface area (TPSA) is 50.0 Å². The second-order valence-electron chi connectivity index (χ2n) is 6.73. The number of rotatable bonds is 3. The Morgan fingerprint density at radius 1 is 0.828 bits per heavy atom. The lowest BCUT2D eigenvalue weighted by Gasteiger charge is -2.13. The SMILES string of the molecule is COc1cc2ccc3c4c(OC)cc5c(c4c[n+](C)c3c2cc1OC)OCO5.[Cl-]. The minimum Gasteiger partial charge on any atom is -1.00 e. The van der Waals surface area contributed by atoms with Crippen molar-refractivity contribution in [2.75, 3.05) is 28.1 Å². The first-order valence-electron chi connectivity index (χ1n) is 8.93. The Morgan fingerprint density at radius 2 is 1.55 bits per heavy atom. The van der Waals surface area contributed by atoms with Gasteiger partial charge in [0.25, 0.3) is 0 Å². The number of hydrogen-bond donors (Lipinski definition) is 0. The third-order valence-corrected chi connectivity index (χ3v) is 5.32. The molecule has 0 amide bonds. The molecule has 0 N–H and O–H groups in total. The van der Waals surface area contributed by atoms with Gasteiger partial charge in [0.15, 0.2) is 29.2 Å². The van der Waals surface area contributed by atoms with Crippen LogP contribution < -0.4 is 40.7 Å². The molecule has 3 aromatic carbocycles. The zero-order valence-corrected chi connectivity index (χ0v) is 17.3. The standard InChI is InChI=1S/C22H20NO5.ClH/c1-23-10-15-20(18(26-4)9-19-22(15)28-11-27-19)13-6-5-12-7-16(24-2)17(25-3)8-14(12)21(13)23;/h5-10H,11H2,1-4H3;1H/q+1;/p-1. The van der Waals surface area contributed by atoms with E-state index >= 15 is 0 Å². The maximum Gasteiger partial charge on any atom is 0.231 e. The number of methoxy groups -OCH3 is 3. The van der Waals surface area contributed by atoms with E-state index in [-0.39, 0.29) is 19.2 Å². The minimum atomic E-state index is 0. The van der Waals surface area contributed by atoms with Crippen LogP contribution in [-0.2, 0) is 7.05 Å². The highest BCUT2D eigenvalue weighted by atomic mass is 35.5. The first-order chi connectivity index (χ1) is 13.7. The minimum absolute atomic E-state index is 0. The van der Waals surface area contributed by atoms with Crippen LogP contribution in [0.1, 0.15) is 0 Å². The van der Waals surface area contributed by atoms with Crippen molar-refractivity contribution in [1.29, 1.82) is 0 Å². The lowest BCUT2D eigenvalue weighted by Crippen LogP contribution is -3.00. The molecule has 0 saturated heterocycles. The van der Waals surface area contributed by atoms with E-state index in [2.05, 4.69) is 22.9 Å². The van der Waals surface area contributed by atoms with E-state index in [4.69, 9.17) is 23.7 Å². The summed E-state index contributed by atoms with van der Waals surface area (Å²) in [7, 11) is 6.99. The number of fused-ring (bicyclic) bond motifs is 7. The van der Waals surface area contributed by atoms with Crippen LogP contribution in [0.25, 0.3) is 32.4 Å². The molecule has 0 fully saturated rings. The predicted octanol–water partition coefficient (Wildman–Crippen LogP) is 0.729. The Labute approximate surface area is 173 Å². The monoisotopic (exact) mass is 413 g/mol. The fraction of sp³-hybridized carbons (Fsp3) is 0.227. The molecule has 0 radical (unpaired) electrons. The second-order valence-corrected chi connectivity index (χ2v) is 6.73. The first-order valence-corrected chi connectivity index (χ1v) is 8.93. The lowest BCUT2D eigenvalue weighted by molar-refractivity contribution is -0.642. The van der Waals surface area contributed by atoms with Gasteiger partial charge in [-0.3, -0.25) is 0 Å². The van der Waals surface area contributed by atoms with Crippen molar-refractivity contribution < 1.29 is 40.7 Å². The molecule has 1 aliphatic rings. The molecule has 7 heteroatoms. The number of halogens is 1. The van der Waals surface area contributed by atoms with Crippen LogP contribution in [0, 0.1) is 0 Å². The summed E-state index contributed by atoms with van der Waals surface area (Å²) < 4.78 is 30.1. The van der Waals surface area contributed by atoms with E-state index in [1.54, 1.807) is 21.3 Å². The second kappa shape index (κ2) is 7.04. The maximum absolute atomic E-state index is 5.74. The Morgan fingerprint density at radius 3 is 2.28 bits per heavy atom. The summed E-state index contributed by atoms with van der Waals surface area (Å²) in [5, 5.41) is 5.16. The van der Waals surface area contributed by atoms with E-state index in [0.29, 0.717) is 17.2 Å². The molecule has 5 rings (SSSR count). The van der Waals surface area contributed by atoms with Gasteiger partial charge in [0, 0.05) is 11.5 Å². The van der Waals surface area contributed by atoms with Crippen LogP contribution in [0.4, 0.5) is 0 Å². The van der Waals surface area contributed by atoms with Gasteiger partial charge < -0.3 is 36.1 Å². The van der Waals surface area contributed by atoms with Crippen molar-refractivity contribution >= 4 is 32.4 Å². The molecular formula is C22H20ClNO5. The highest BCUT2D eigenvalue weighted by molar-refractivity contribution is 6.17. The van der Waals surface area contributed by atoms with E-state index in [1.165, 1.54) is 0 Å². The van der Waals surface area contributed by atoms with Crippen LogP contribution in [0.2, 0.25) is 0 Å². The third kappa shape index (κ3) is 2.67. The molecule has 1 aliphatic heterocycles. The van der Waals surface area contributed by atoms with Gasteiger partial charge in [0.2, 0.25) is 12.3 Å². The summed E-state index contributed by atoms with van der Waals surface area (Å²) in [4.78, 5) is 0. The average Bonchev–Trinajstić information content (AvgIpc) is 3.20. The Balaban J connectivity index is 0.00000205. The fourth-order valence-electron chi connectivity index (χ4n) is 4.08. The number of pyridine rings is 1. The van der Waals surface area contributed by atoms with Crippen molar-refractivity contribution in [1.82, 2.24) is 0 Å². The summed E-state index contributed by atoms with van der Waals surface area (Å²) in [6.45, 7) is 0.216. The molecule has 0 spiro atoms. The van der Waals surface area contributed by atoms with Gasteiger partial charge in [0.05, 0.1) is 37.5 Å². The average molecular weight is 414 g/mol.